The van der Waals surface area contributed by atoms with E-state index in [2.05, 4.69) is 10.1 Å². The third-order valence-corrected chi connectivity index (χ3v) is 2.21. The normalized spacial score (nSPS) is 11.1. The van der Waals surface area contributed by atoms with Crippen molar-refractivity contribution >= 4 is 5.69 Å². The number of nitrogens with two attached hydrogens (primary N) is 1. The minimum absolute atomic E-state index is 0.0209. The van der Waals surface area contributed by atoms with Crippen LogP contribution in [0.15, 0.2) is 22.7 Å². The Morgan fingerprint density at radius 3 is 2.88 bits per heavy atom. The van der Waals surface area contributed by atoms with Crippen LogP contribution in [-0.2, 0) is 6.54 Å². The highest BCUT2D eigenvalue weighted by Crippen LogP contribution is 2.26. The Hall–Kier alpha value is -1.95. The first kappa shape index (κ1) is 11.5. The average Bonchev–Trinajstić information content (AvgIpc) is 2.69. The van der Waals surface area contributed by atoms with Gasteiger partial charge in [0.15, 0.2) is 5.82 Å². The number of hydrogen-bond donors (Lipinski definition) is 1. The van der Waals surface area contributed by atoms with Crippen LogP contribution in [0.25, 0.3) is 11.5 Å². The van der Waals surface area contributed by atoms with Gasteiger partial charge in [0.05, 0.1) is 17.8 Å². The Morgan fingerprint density at radius 2 is 2.18 bits per heavy atom. The Bertz CT molecular complexity index is 524. The molecule has 0 aliphatic rings. The SMILES string of the molecule is CN(C)Cc1noc(-c2cccc(F)c2N)n1. The van der Waals surface area contributed by atoms with E-state index >= 15 is 0 Å². The van der Waals surface area contributed by atoms with E-state index in [0.29, 0.717) is 17.9 Å². The van der Waals surface area contributed by atoms with Gasteiger partial charge in [-0.15, -0.1) is 0 Å². The summed E-state index contributed by atoms with van der Waals surface area (Å²) in [6.45, 7) is 0.554. The first-order valence-electron chi connectivity index (χ1n) is 5.09. The minimum atomic E-state index is -0.491. The third-order valence-electron chi connectivity index (χ3n) is 2.21. The summed E-state index contributed by atoms with van der Waals surface area (Å²) >= 11 is 0. The molecule has 0 aliphatic heterocycles. The molecular weight excluding hydrogens is 223 g/mol. The number of nitrogens with zero attached hydrogens (tertiary/aromatic N) is 3. The van der Waals surface area contributed by atoms with E-state index in [1.807, 2.05) is 19.0 Å². The highest BCUT2D eigenvalue weighted by molar-refractivity contribution is 5.70. The van der Waals surface area contributed by atoms with Crippen molar-refractivity contribution in [2.24, 2.45) is 0 Å². The average molecular weight is 236 g/mol. The van der Waals surface area contributed by atoms with E-state index < -0.39 is 5.82 Å². The van der Waals surface area contributed by atoms with Crippen LogP contribution in [0.4, 0.5) is 10.1 Å². The quantitative estimate of drug-likeness (QED) is 0.818. The van der Waals surface area contributed by atoms with E-state index in [1.54, 1.807) is 12.1 Å². The number of hydrogen-bond acceptors (Lipinski definition) is 5. The predicted molar refractivity (Wildman–Crippen MR) is 61.5 cm³/mol. The highest BCUT2D eigenvalue weighted by Gasteiger charge is 2.14. The maximum Gasteiger partial charge on any atom is 0.260 e. The molecule has 0 amide bonds. The van der Waals surface area contributed by atoms with Crippen molar-refractivity contribution < 1.29 is 8.91 Å². The highest BCUT2D eigenvalue weighted by atomic mass is 19.1. The van der Waals surface area contributed by atoms with Gasteiger partial charge >= 0.3 is 0 Å². The number of anilines is 1. The van der Waals surface area contributed by atoms with Gasteiger partial charge in [-0.2, -0.15) is 4.98 Å². The topological polar surface area (TPSA) is 68.2 Å². The Morgan fingerprint density at radius 1 is 1.41 bits per heavy atom. The first-order valence-corrected chi connectivity index (χ1v) is 5.09. The molecule has 0 spiro atoms. The molecule has 0 saturated carbocycles. The molecule has 0 fully saturated rings. The van der Waals surface area contributed by atoms with Crippen molar-refractivity contribution in [2.75, 3.05) is 19.8 Å². The number of halogens is 1. The van der Waals surface area contributed by atoms with Crippen LogP contribution < -0.4 is 5.73 Å². The van der Waals surface area contributed by atoms with E-state index in [9.17, 15) is 4.39 Å². The number of benzene rings is 1. The summed E-state index contributed by atoms with van der Waals surface area (Å²) in [4.78, 5) is 6.06. The fourth-order valence-corrected chi connectivity index (χ4v) is 1.43. The van der Waals surface area contributed by atoms with Gasteiger partial charge in [0.25, 0.3) is 5.89 Å². The summed E-state index contributed by atoms with van der Waals surface area (Å²) in [5, 5.41) is 3.80. The van der Waals surface area contributed by atoms with Crippen molar-refractivity contribution in [3.8, 4) is 11.5 Å². The summed E-state index contributed by atoms with van der Waals surface area (Å²) in [6, 6.07) is 4.48. The lowest BCUT2D eigenvalue weighted by Crippen LogP contribution is -2.11. The number of para-hydroxylation sites is 1. The molecule has 17 heavy (non-hydrogen) atoms. The largest absolute Gasteiger partial charge is 0.396 e. The van der Waals surface area contributed by atoms with Gasteiger partial charge < -0.3 is 15.2 Å². The van der Waals surface area contributed by atoms with Crippen LogP contribution in [0.2, 0.25) is 0 Å². The molecular formula is C11H13FN4O. The summed E-state index contributed by atoms with van der Waals surface area (Å²) < 4.78 is 18.3. The molecule has 1 heterocycles. The Labute approximate surface area is 98.0 Å². The van der Waals surface area contributed by atoms with Crippen molar-refractivity contribution in [1.82, 2.24) is 15.0 Å². The van der Waals surface area contributed by atoms with Crippen molar-refractivity contribution in [1.29, 1.82) is 0 Å². The zero-order chi connectivity index (χ0) is 12.4. The summed E-state index contributed by atoms with van der Waals surface area (Å²) in [5.74, 6) is 0.280. The smallest absolute Gasteiger partial charge is 0.260 e. The first-order chi connectivity index (χ1) is 8.08. The van der Waals surface area contributed by atoms with Crippen LogP contribution in [0, 0.1) is 5.82 Å². The standard InChI is InChI=1S/C11H13FN4O/c1-16(2)6-9-14-11(17-15-9)7-4-3-5-8(12)10(7)13/h3-5H,6,13H2,1-2H3. The molecule has 5 nitrogen and oxygen atoms in total. The van der Waals surface area contributed by atoms with Gasteiger partial charge in [-0.1, -0.05) is 11.2 Å². The van der Waals surface area contributed by atoms with Gasteiger partial charge in [-0.05, 0) is 26.2 Å². The second-order valence-corrected chi connectivity index (χ2v) is 3.95. The predicted octanol–water partition coefficient (Wildman–Crippen LogP) is 1.52. The molecule has 90 valence electrons. The molecule has 0 bridgehead atoms. The van der Waals surface area contributed by atoms with E-state index in [1.165, 1.54) is 6.07 Å². The van der Waals surface area contributed by atoms with Crippen LogP contribution in [-0.4, -0.2) is 29.1 Å². The fraction of sp³-hybridized carbons (Fsp3) is 0.273. The maximum atomic E-state index is 13.3. The van der Waals surface area contributed by atoms with Gasteiger partial charge in [0, 0.05) is 0 Å². The van der Waals surface area contributed by atoms with Crippen LogP contribution in [0.1, 0.15) is 5.82 Å². The lowest BCUT2D eigenvalue weighted by atomic mass is 10.2. The third kappa shape index (κ3) is 2.42. The molecule has 0 radical (unpaired) electrons. The van der Waals surface area contributed by atoms with Crippen molar-refractivity contribution in [2.45, 2.75) is 6.54 Å². The Kier molecular flexibility index (Phi) is 3.06. The lowest BCUT2D eigenvalue weighted by molar-refractivity contribution is 0.365. The van der Waals surface area contributed by atoms with Crippen LogP contribution >= 0.6 is 0 Å². The van der Waals surface area contributed by atoms with E-state index in [4.69, 9.17) is 10.3 Å². The van der Waals surface area contributed by atoms with E-state index in [0.717, 1.165) is 0 Å². The zero-order valence-electron chi connectivity index (χ0n) is 9.64. The second kappa shape index (κ2) is 4.50. The summed E-state index contributed by atoms with van der Waals surface area (Å²) in [6.07, 6.45) is 0. The van der Waals surface area contributed by atoms with Crippen LogP contribution in [0.3, 0.4) is 0 Å². The summed E-state index contributed by atoms with van der Waals surface area (Å²) in [7, 11) is 3.79. The number of nitrogen functional groups attached to an aromatic ring is 1. The van der Waals surface area contributed by atoms with Crippen molar-refractivity contribution in [3.63, 3.8) is 0 Å². The molecule has 2 aromatic rings. The molecule has 2 N–H and O–H groups in total. The molecule has 0 atom stereocenters. The fourth-order valence-electron chi connectivity index (χ4n) is 1.43. The molecule has 1 aromatic heterocycles. The van der Waals surface area contributed by atoms with Gasteiger partial charge in [0.2, 0.25) is 0 Å². The van der Waals surface area contributed by atoms with E-state index in [-0.39, 0.29) is 11.6 Å². The van der Waals surface area contributed by atoms with Crippen LogP contribution in [0.5, 0.6) is 0 Å². The van der Waals surface area contributed by atoms with Gasteiger partial charge in [0.1, 0.15) is 5.82 Å². The minimum Gasteiger partial charge on any atom is -0.396 e. The van der Waals surface area contributed by atoms with Gasteiger partial charge in [-0.3, -0.25) is 0 Å². The molecule has 6 heteroatoms. The maximum absolute atomic E-state index is 13.3. The monoisotopic (exact) mass is 236 g/mol. The lowest BCUT2D eigenvalue weighted by Gasteiger charge is -2.03. The molecule has 2 rings (SSSR count). The molecule has 0 aliphatic carbocycles. The zero-order valence-corrected chi connectivity index (χ0v) is 9.64. The molecule has 1 aromatic carbocycles. The van der Waals surface area contributed by atoms with Crippen molar-refractivity contribution in [3.05, 3.63) is 29.8 Å². The number of rotatable bonds is 3. The van der Waals surface area contributed by atoms with Gasteiger partial charge in [-0.25, -0.2) is 4.39 Å². The molecule has 0 unspecified atom stereocenters. The molecule has 0 saturated heterocycles. The second-order valence-electron chi connectivity index (χ2n) is 3.95. The number of aromatic nitrogens is 2. The summed E-state index contributed by atoms with van der Waals surface area (Å²) in [5.41, 5.74) is 6.05. The Balaban J connectivity index is 2.34.